The zero-order valence-corrected chi connectivity index (χ0v) is 19.1. The van der Waals surface area contributed by atoms with Gasteiger partial charge in [-0.3, -0.25) is 4.79 Å². The average Bonchev–Trinajstić information content (AvgIpc) is 3.09. The number of carbonyl (C=O) groups is 2. The third-order valence-corrected chi connectivity index (χ3v) is 6.61. The van der Waals surface area contributed by atoms with Crippen molar-refractivity contribution in [2.75, 3.05) is 11.9 Å². The molecule has 0 saturated carbocycles. The van der Waals surface area contributed by atoms with Gasteiger partial charge in [-0.1, -0.05) is 68.1 Å². The van der Waals surface area contributed by atoms with E-state index in [1.807, 2.05) is 57.2 Å². The Morgan fingerprint density at radius 1 is 1.17 bits per heavy atom. The second kappa shape index (κ2) is 10.0. The maximum absolute atomic E-state index is 12.8. The summed E-state index contributed by atoms with van der Waals surface area (Å²) in [5.74, 6) is -0.304. The molecule has 1 amide bonds. The first-order chi connectivity index (χ1) is 14.4. The highest BCUT2D eigenvalue weighted by Crippen LogP contribution is 2.28. The van der Waals surface area contributed by atoms with Crippen molar-refractivity contribution in [1.82, 2.24) is 9.97 Å². The van der Waals surface area contributed by atoms with E-state index in [1.54, 1.807) is 6.92 Å². The smallest absolute Gasteiger partial charge is 0.350 e. The summed E-state index contributed by atoms with van der Waals surface area (Å²) in [7, 11) is 0. The maximum atomic E-state index is 12.8. The number of fused-ring (bicyclic) bond motifs is 1. The molecule has 0 spiro atoms. The van der Waals surface area contributed by atoms with E-state index in [1.165, 1.54) is 11.8 Å². The van der Waals surface area contributed by atoms with Crippen molar-refractivity contribution < 1.29 is 14.3 Å². The predicted molar refractivity (Wildman–Crippen MR) is 122 cm³/mol. The molecule has 1 N–H and O–H groups in total. The number of carbonyl (C=O) groups excluding carboxylic acids is 2. The van der Waals surface area contributed by atoms with Gasteiger partial charge in [-0.25, -0.2) is 14.8 Å². The number of thioether (sulfide) groups is 1. The number of para-hydroxylation sites is 1. The molecule has 1 unspecified atom stereocenters. The van der Waals surface area contributed by atoms with E-state index >= 15 is 0 Å². The second-order valence-corrected chi connectivity index (χ2v) is 9.49. The number of hydrogen-bond acceptors (Lipinski definition) is 7. The molecule has 1 atom stereocenters. The van der Waals surface area contributed by atoms with E-state index in [0.29, 0.717) is 28.7 Å². The minimum Gasteiger partial charge on any atom is -0.461 e. The van der Waals surface area contributed by atoms with Crippen LogP contribution in [0.2, 0.25) is 0 Å². The van der Waals surface area contributed by atoms with E-state index in [9.17, 15) is 9.59 Å². The van der Waals surface area contributed by atoms with Crippen molar-refractivity contribution in [3.8, 4) is 0 Å². The Hall–Kier alpha value is -2.45. The molecule has 3 aromatic rings. The highest BCUT2D eigenvalue weighted by Gasteiger charge is 2.22. The fraction of sp³-hybridized carbons (Fsp3) is 0.364. The summed E-state index contributed by atoms with van der Waals surface area (Å²) in [6, 6.07) is 11.8. The molecule has 3 rings (SSSR count). The van der Waals surface area contributed by atoms with Gasteiger partial charge in [-0.05, 0) is 31.4 Å². The van der Waals surface area contributed by atoms with Crippen LogP contribution in [0.1, 0.15) is 42.6 Å². The van der Waals surface area contributed by atoms with Gasteiger partial charge in [0.2, 0.25) is 5.91 Å². The van der Waals surface area contributed by atoms with Crippen molar-refractivity contribution in [2.24, 2.45) is 5.92 Å². The highest BCUT2D eigenvalue weighted by atomic mass is 32.2. The van der Waals surface area contributed by atoms with E-state index < -0.39 is 5.97 Å². The number of hydrogen-bond donors (Lipinski definition) is 1. The van der Waals surface area contributed by atoms with Gasteiger partial charge >= 0.3 is 5.97 Å². The largest absolute Gasteiger partial charge is 0.461 e. The van der Waals surface area contributed by atoms with E-state index in [0.717, 1.165) is 27.3 Å². The number of aryl methyl sites for hydroxylation is 1. The van der Waals surface area contributed by atoms with Crippen molar-refractivity contribution in [2.45, 2.75) is 44.4 Å². The number of thiazole rings is 1. The lowest BCUT2D eigenvalue weighted by Crippen LogP contribution is -2.24. The molecule has 158 valence electrons. The van der Waals surface area contributed by atoms with Crippen LogP contribution in [-0.2, 0) is 9.53 Å². The number of esters is 1. The highest BCUT2D eigenvalue weighted by molar-refractivity contribution is 8.00. The Balaban J connectivity index is 1.67. The molecule has 2 heterocycles. The number of nitrogens with zero attached hydrogens (tertiary/aromatic N) is 2. The lowest BCUT2D eigenvalue weighted by Gasteiger charge is -2.13. The van der Waals surface area contributed by atoms with Crippen LogP contribution in [0.3, 0.4) is 0 Å². The molecule has 2 aromatic heterocycles. The summed E-state index contributed by atoms with van der Waals surface area (Å²) in [4.78, 5) is 34.4. The summed E-state index contributed by atoms with van der Waals surface area (Å²) in [5.41, 5.74) is 1.46. The number of ether oxygens (including phenoxy) is 1. The Labute approximate surface area is 184 Å². The molecule has 0 fully saturated rings. The summed E-state index contributed by atoms with van der Waals surface area (Å²) in [5, 5.41) is 4.79. The van der Waals surface area contributed by atoms with Crippen LogP contribution < -0.4 is 5.32 Å². The number of nitrogens with one attached hydrogen (secondary N) is 1. The van der Waals surface area contributed by atoms with Gasteiger partial charge in [0.05, 0.1) is 28.1 Å². The van der Waals surface area contributed by atoms with E-state index in [-0.39, 0.29) is 17.1 Å². The van der Waals surface area contributed by atoms with E-state index in [2.05, 4.69) is 15.3 Å². The average molecular weight is 444 g/mol. The van der Waals surface area contributed by atoms with Gasteiger partial charge in [0, 0.05) is 5.39 Å². The predicted octanol–water partition coefficient (Wildman–Crippen LogP) is 5.32. The molecule has 0 aliphatic heterocycles. The van der Waals surface area contributed by atoms with Gasteiger partial charge in [0.25, 0.3) is 0 Å². The molecule has 0 bridgehead atoms. The number of anilines is 1. The van der Waals surface area contributed by atoms with Gasteiger partial charge in [-0.15, -0.1) is 0 Å². The zero-order valence-electron chi connectivity index (χ0n) is 17.5. The molecule has 0 radical (unpaired) electrons. The van der Waals surface area contributed by atoms with E-state index in [4.69, 9.17) is 4.74 Å². The van der Waals surface area contributed by atoms with Gasteiger partial charge in [0.15, 0.2) is 5.13 Å². The number of pyridine rings is 1. The Bertz CT molecular complexity index is 1050. The first-order valence-electron chi connectivity index (χ1n) is 9.85. The normalized spacial score (nSPS) is 12.2. The lowest BCUT2D eigenvalue weighted by molar-refractivity contribution is -0.115. The SMILES string of the molecule is CCC(Sc1ccc2ccccc2n1)C(=O)Nc1nc(C)c(C(=O)OCC(C)C)s1. The van der Waals surface area contributed by atoms with Crippen molar-refractivity contribution in [1.29, 1.82) is 0 Å². The molecule has 0 aliphatic rings. The summed E-state index contributed by atoms with van der Waals surface area (Å²) in [6.45, 7) is 8.01. The van der Waals surface area contributed by atoms with Crippen LogP contribution >= 0.6 is 23.1 Å². The zero-order chi connectivity index (χ0) is 21.7. The van der Waals surface area contributed by atoms with Crippen LogP contribution in [-0.4, -0.2) is 33.7 Å². The van der Waals surface area contributed by atoms with Gasteiger partial charge in [0.1, 0.15) is 4.88 Å². The van der Waals surface area contributed by atoms with Gasteiger partial charge < -0.3 is 10.1 Å². The van der Waals surface area contributed by atoms with Crippen LogP contribution in [0.25, 0.3) is 10.9 Å². The molecule has 30 heavy (non-hydrogen) atoms. The second-order valence-electron chi connectivity index (χ2n) is 7.27. The maximum Gasteiger partial charge on any atom is 0.350 e. The molecule has 1 aromatic carbocycles. The van der Waals surface area contributed by atoms with Crippen molar-refractivity contribution in [3.63, 3.8) is 0 Å². The van der Waals surface area contributed by atoms with Crippen LogP contribution in [0.5, 0.6) is 0 Å². The Morgan fingerprint density at radius 3 is 2.67 bits per heavy atom. The number of benzene rings is 1. The topological polar surface area (TPSA) is 81.2 Å². The first-order valence-corrected chi connectivity index (χ1v) is 11.5. The van der Waals surface area contributed by atoms with Crippen LogP contribution in [0.15, 0.2) is 41.4 Å². The molecule has 0 aliphatic carbocycles. The van der Waals surface area contributed by atoms with Crippen molar-refractivity contribution in [3.05, 3.63) is 47.0 Å². The summed E-state index contributed by atoms with van der Waals surface area (Å²) in [6.07, 6.45) is 0.638. The quantitative estimate of drug-likeness (QED) is 0.375. The third kappa shape index (κ3) is 5.58. The van der Waals surface area contributed by atoms with Crippen molar-refractivity contribution >= 4 is 51.0 Å². The molecular weight excluding hydrogens is 418 g/mol. The van der Waals surface area contributed by atoms with Crippen LogP contribution in [0.4, 0.5) is 5.13 Å². The minimum atomic E-state index is -0.402. The third-order valence-electron chi connectivity index (χ3n) is 4.26. The molecular formula is C22H25N3O3S2. The fourth-order valence-corrected chi connectivity index (χ4v) is 4.50. The fourth-order valence-electron chi connectivity index (χ4n) is 2.71. The number of rotatable bonds is 8. The molecule has 6 nitrogen and oxygen atoms in total. The Kier molecular flexibility index (Phi) is 7.44. The number of amides is 1. The molecule has 8 heteroatoms. The number of aromatic nitrogens is 2. The lowest BCUT2D eigenvalue weighted by atomic mass is 10.2. The molecule has 0 saturated heterocycles. The minimum absolute atomic E-state index is 0.159. The Morgan fingerprint density at radius 2 is 1.93 bits per heavy atom. The summed E-state index contributed by atoms with van der Waals surface area (Å²) >= 11 is 2.56. The van der Waals surface area contributed by atoms with Gasteiger partial charge in [-0.2, -0.15) is 0 Å². The monoisotopic (exact) mass is 443 g/mol. The summed E-state index contributed by atoms with van der Waals surface area (Å²) < 4.78 is 5.28. The first kappa shape index (κ1) is 22.2. The van der Waals surface area contributed by atoms with Crippen LogP contribution in [0, 0.1) is 12.8 Å². The standard InChI is InChI=1S/C22H25N3O3S2/c1-5-17(29-18-11-10-15-8-6-7-9-16(15)24-18)20(26)25-22-23-14(4)19(30-22)21(27)28-12-13(2)3/h6-11,13,17H,5,12H2,1-4H3,(H,23,25,26).